The van der Waals surface area contributed by atoms with Crippen molar-refractivity contribution in [2.24, 2.45) is 0 Å². The predicted octanol–water partition coefficient (Wildman–Crippen LogP) is 2.75. The van der Waals surface area contributed by atoms with Crippen molar-refractivity contribution < 1.29 is 18.5 Å². The number of carboxylic acid groups (broad SMARTS) is 1. The van der Waals surface area contributed by atoms with Crippen molar-refractivity contribution in [2.45, 2.75) is 23.8 Å². The van der Waals surface area contributed by atoms with Gasteiger partial charge in [-0.1, -0.05) is 24.3 Å². The maximum Gasteiger partial charge on any atom is 0.305 e. The zero-order valence-electron chi connectivity index (χ0n) is 11.6. The van der Waals surface area contributed by atoms with E-state index in [1.54, 1.807) is 18.2 Å². The predicted molar refractivity (Wildman–Crippen MR) is 81.5 cm³/mol. The molecule has 22 heavy (non-hydrogen) atoms. The Kier molecular flexibility index (Phi) is 3.94. The van der Waals surface area contributed by atoms with Gasteiger partial charge in [0, 0.05) is 0 Å². The number of fused-ring (bicyclic) bond motifs is 1. The topological polar surface area (TPSA) is 57.6 Å². The summed E-state index contributed by atoms with van der Waals surface area (Å²) < 4.78 is 27.8. The van der Waals surface area contributed by atoms with Crippen LogP contribution in [0.1, 0.15) is 12.0 Å². The van der Waals surface area contributed by atoms with E-state index in [4.69, 9.17) is 5.11 Å². The first kappa shape index (κ1) is 14.7. The minimum atomic E-state index is -1.56. The molecule has 2 aromatic carbocycles. The first-order chi connectivity index (χ1) is 10.6. The van der Waals surface area contributed by atoms with Crippen molar-refractivity contribution in [2.75, 3.05) is 4.31 Å². The number of aliphatic carboxylic acids is 1. The highest BCUT2D eigenvalue weighted by molar-refractivity contribution is 7.86. The average molecular weight is 319 g/mol. The molecule has 0 aromatic heterocycles. The van der Waals surface area contributed by atoms with Gasteiger partial charge in [-0.3, -0.25) is 9.10 Å². The second-order valence-electron chi connectivity index (χ2n) is 5.12. The molecule has 0 fully saturated rings. The molecule has 0 aliphatic carbocycles. The number of carboxylic acids is 1. The van der Waals surface area contributed by atoms with Crippen LogP contribution in [0.25, 0.3) is 0 Å². The van der Waals surface area contributed by atoms with Gasteiger partial charge in [0.15, 0.2) is 11.0 Å². The summed E-state index contributed by atoms with van der Waals surface area (Å²) in [5, 5.41) is 9.12. The van der Waals surface area contributed by atoms with E-state index in [2.05, 4.69) is 0 Å². The van der Waals surface area contributed by atoms with Crippen molar-refractivity contribution in [3.63, 3.8) is 0 Å². The molecule has 2 atom stereocenters. The van der Waals surface area contributed by atoms with Crippen LogP contribution in [0.3, 0.4) is 0 Å². The summed E-state index contributed by atoms with van der Waals surface area (Å²) in [6.07, 6.45) is 0.307. The number of rotatable bonds is 3. The molecule has 4 nitrogen and oxygen atoms in total. The normalized spacial score (nSPS) is 20.5. The maximum absolute atomic E-state index is 13.5. The lowest BCUT2D eigenvalue weighted by atomic mass is 10.0. The molecular formula is C16H14FNO3S. The zero-order valence-corrected chi connectivity index (χ0v) is 12.4. The molecule has 0 amide bonds. The van der Waals surface area contributed by atoms with Gasteiger partial charge in [0.25, 0.3) is 0 Å². The van der Waals surface area contributed by atoms with Gasteiger partial charge in [-0.05, 0) is 36.2 Å². The Morgan fingerprint density at radius 2 is 2.05 bits per heavy atom. The van der Waals surface area contributed by atoms with Crippen molar-refractivity contribution in [3.05, 3.63) is 59.9 Å². The average Bonchev–Trinajstić information content (AvgIpc) is 2.47. The standard InChI is InChI=1S/C16H14FNO3S/c17-12-5-3-6-13(9-12)18-14(10-16(19)20)8-11-4-1-2-7-15(11)22(18)21/h1-7,9,14H,8,10H2,(H,19,20). The highest BCUT2D eigenvalue weighted by Crippen LogP contribution is 2.33. The van der Waals surface area contributed by atoms with Crippen LogP contribution in [0.15, 0.2) is 53.4 Å². The molecule has 1 N–H and O–H groups in total. The molecule has 1 aliphatic rings. The van der Waals surface area contributed by atoms with E-state index in [0.717, 1.165) is 5.56 Å². The van der Waals surface area contributed by atoms with E-state index >= 15 is 0 Å². The molecule has 6 heteroatoms. The van der Waals surface area contributed by atoms with Crippen LogP contribution in [0.2, 0.25) is 0 Å². The van der Waals surface area contributed by atoms with Crippen molar-refractivity contribution in [1.29, 1.82) is 0 Å². The van der Waals surface area contributed by atoms with Crippen molar-refractivity contribution >= 4 is 22.6 Å². The molecule has 1 heterocycles. The molecule has 3 rings (SSSR count). The van der Waals surface area contributed by atoms with Crippen LogP contribution in [-0.4, -0.2) is 21.3 Å². The second kappa shape index (κ2) is 5.88. The molecule has 0 saturated heterocycles. The fraction of sp³-hybridized carbons (Fsp3) is 0.188. The van der Waals surface area contributed by atoms with E-state index in [0.29, 0.717) is 17.0 Å². The number of hydrogen-bond acceptors (Lipinski definition) is 2. The van der Waals surface area contributed by atoms with Gasteiger partial charge >= 0.3 is 5.97 Å². The Balaban J connectivity index is 2.07. The number of nitrogens with zero attached hydrogens (tertiary/aromatic N) is 1. The fourth-order valence-electron chi connectivity index (χ4n) is 2.70. The van der Waals surface area contributed by atoms with Crippen LogP contribution in [-0.2, 0) is 22.2 Å². The third kappa shape index (κ3) is 2.74. The summed E-state index contributed by atoms with van der Waals surface area (Å²) in [4.78, 5) is 11.8. The van der Waals surface area contributed by atoms with E-state index in [1.165, 1.54) is 22.5 Å². The number of benzene rings is 2. The molecule has 1 aliphatic heterocycles. The van der Waals surface area contributed by atoms with Crippen LogP contribution in [0.4, 0.5) is 10.1 Å². The molecular weight excluding hydrogens is 305 g/mol. The smallest absolute Gasteiger partial charge is 0.305 e. The Hall–Kier alpha value is -2.21. The molecule has 0 saturated carbocycles. The first-order valence-corrected chi connectivity index (χ1v) is 7.93. The summed E-state index contributed by atoms with van der Waals surface area (Å²) in [6.45, 7) is 0. The second-order valence-corrected chi connectivity index (χ2v) is 6.45. The number of anilines is 1. The van der Waals surface area contributed by atoms with E-state index in [9.17, 15) is 13.4 Å². The van der Waals surface area contributed by atoms with Crippen LogP contribution in [0.5, 0.6) is 0 Å². The van der Waals surface area contributed by atoms with Crippen LogP contribution >= 0.6 is 0 Å². The highest BCUT2D eigenvalue weighted by Gasteiger charge is 2.33. The summed E-state index contributed by atoms with van der Waals surface area (Å²) in [5.74, 6) is -1.41. The van der Waals surface area contributed by atoms with Gasteiger partial charge in [-0.25, -0.2) is 8.60 Å². The van der Waals surface area contributed by atoms with Crippen molar-refractivity contribution in [1.82, 2.24) is 0 Å². The fourth-order valence-corrected chi connectivity index (χ4v) is 4.20. The monoisotopic (exact) mass is 319 g/mol. The van der Waals surface area contributed by atoms with Crippen LogP contribution < -0.4 is 4.31 Å². The third-order valence-corrected chi connectivity index (χ3v) is 5.24. The summed E-state index contributed by atoms with van der Waals surface area (Å²) >= 11 is 0. The third-order valence-electron chi connectivity index (χ3n) is 3.60. The number of carbonyl (C=O) groups is 1. The Bertz CT molecular complexity index is 750. The molecule has 2 unspecified atom stereocenters. The van der Waals surface area contributed by atoms with Gasteiger partial charge in [0.05, 0.1) is 23.0 Å². The zero-order chi connectivity index (χ0) is 15.7. The summed E-state index contributed by atoms with van der Waals surface area (Å²) in [6, 6.07) is 12.5. The quantitative estimate of drug-likeness (QED) is 0.946. The van der Waals surface area contributed by atoms with Crippen molar-refractivity contribution in [3.8, 4) is 0 Å². The van der Waals surface area contributed by atoms with Gasteiger partial charge in [-0.2, -0.15) is 0 Å². The Labute approximate surface area is 129 Å². The van der Waals surface area contributed by atoms with Gasteiger partial charge in [-0.15, -0.1) is 0 Å². The Morgan fingerprint density at radius 3 is 2.77 bits per heavy atom. The van der Waals surface area contributed by atoms with Gasteiger partial charge in [0.1, 0.15) is 5.82 Å². The number of hydrogen-bond donors (Lipinski definition) is 1. The summed E-state index contributed by atoms with van der Waals surface area (Å²) in [5.41, 5.74) is 1.30. The van der Waals surface area contributed by atoms with E-state index in [1.807, 2.05) is 12.1 Å². The van der Waals surface area contributed by atoms with Gasteiger partial charge in [0.2, 0.25) is 0 Å². The lowest BCUT2D eigenvalue weighted by Crippen LogP contribution is -2.43. The molecule has 0 spiro atoms. The minimum absolute atomic E-state index is 0.156. The molecule has 2 aromatic rings. The molecule has 114 valence electrons. The lowest BCUT2D eigenvalue weighted by molar-refractivity contribution is -0.137. The SMILES string of the molecule is O=C(O)CC1Cc2ccccc2S(=O)N1c1cccc(F)c1. The number of halogens is 1. The molecule has 0 radical (unpaired) electrons. The minimum Gasteiger partial charge on any atom is -0.481 e. The first-order valence-electron chi connectivity index (χ1n) is 6.82. The Morgan fingerprint density at radius 1 is 1.27 bits per heavy atom. The van der Waals surface area contributed by atoms with Crippen LogP contribution in [0, 0.1) is 5.82 Å². The largest absolute Gasteiger partial charge is 0.481 e. The lowest BCUT2D eigenvalue weighted by Gasteiger charge is -2.36. The molecule has 0 bridgehead atoms. The van der Waals surface area contributed by atoms with E-state index in [-0.39, 0.29) is 6.42 Å². The summed E-state index contributed by atoms with van der Waals surface area (Å²) in [7, 11) is -1.56. The van der Waals surface area contributed by atoms with E-state index < -0.39 is 28.8 Å². The van der Waals surface area contributed by atoms with Gasteiger partial charge < -0.3 is 5.11 Å². The highest BCUT2D eigenvalue weighted by atomic mass is 32.2. The maximum atomic E-state index is 13.5.